The number of para-hydroxylation sites is 2. The van der Waals surface area contributed by atoms with E-state index in [9.17, 15) is 0 Å². The van der Waals surface area contributed by atoms with Gasteiger partial charge >= 0.3 is 0 Å². The largest absolute Gasteiger partial charge is 0.331 e. The molecule has 2 aliphatic heterocycles. The number of guanidine groups is 1. The van der Waals surface area contributed by atoms with Gasteiger partial charge in [0.25, 0.3) is 0 Å². The molecule has 0 fully saturated rings. The van der Waals surface area contributed by atoms with Crippen LogP contribution in [0.15, 0.2) is 53.8 Å². The molecule has 0 aliphatic carbocycles. The Labute approximate surface area is 152 Å². The number of hydrogen-bond donors (Lipinski definition) is 1. The molecule has 1 aromatic carbocycles. The maximum Gasteiger partial charge on any atom is 0.216 e. The lowest BCUT2D eigenvalue weighted by atomic mass is 10.2. The minimum absolute atomic E-state index is 0.0771. The normalized spacial score (nSPS) is 19.9. The van der Waals surface area contributed by atoms with E-state index in [2.05, 4.69) is 62.8 Å². The van der Waals surface area contributed by atoms with E-state index in [1.54, 1.807) is 6.20 Å². The number of nitrogens with zero attached hydrogens (tertiary/aromatic N) is 6. The van der Waals surface area contributed by atoms with Crippen LogP contribution in [-0.2, 0) is 0 Å². The van der Waals surface area contributed by atoms with Gasteiger partial charge in [0, 0.05) is 24.0 Å². The van der Waals surface area contributed by atoms with E-state index in [4.69, 9.17) is 9.98 Å². The molecule has 132 valence electrons. The van der Waals surface area contributed by atoms with Gasteiger partial charge in [0.2, 0.25) is 11.9 Å². The fraction of sp³-hybridized carbons (Fsp3) is 0.316. The van der Waals surface area contributed by atoms with Gasteiger partial charge in [0.05, 0.1) is 24.4 Å². The Morgan fingerprint density at radius 3 is 2.85 bits per heavy atom. The first kappa shape index (κ1) is 15.3. The van der Waals surface area contributed by atoms with Gasteiger partial charge in [-0.1, -0.05) is 18.2 Å². The lowest BCUT2D eigenvalue weighted by molar-refractivity contribution is 0.221. The third kappa shape index (κ3) is 2.28. The zero-order valence-electron chi connectivity index (χ0n) is 14.9. The molecule has 0 saturated carbocycles. The van der Waals surface area contributed by atoms with Crippen molar-refractivity contribution in [2.24, 2.45) is 4.99 Å². The van der Waals surface area contributed by atoms with Crippen LogP contribution in [0.4, 0.5) is 5.95 Å². The van der Waals surface area contributed by atoms with Crippen LogP contribution in [0.3, 0.4) is 0 Å². The maximum absolute atomic E-state index is 4.93. The molecule has 0 spiro atoms. The van der Waals surface area contributed by atoms with E-state index in [1.807, 2.05) is 18.3 Å². The molecule has 0 bridgehead atoms. The molecular weight excluding hydrogens is 326 g/mol. The molecule has 2 aromatic heterocycles. The molecule has 0 radical (unpaired) electrons. The van der Waals surface area contributed by atoms with Crippen LogP contribution in [0.25, 0.3) is 11.0 Å². The highest BCUT2D eigenvalue weighted by Crippen LogP contribution is 2.33. The summed E-state index contributed by atoms with van der Waals surface area (Å²) >= 11 is 0. The molecule has 26 heavy (non-hydrogen) atoms. The Bertz CT molecular complexity index is 976. The summed E-state index contributed by atoms with van der Waals surface area (Å²) in [6, 6.07) is 12.7. The molecule has 2 aliphatic rings. The third-order valence-corrected chi connectivity index (χ3v) is 5.05. The summed E-state index contributed by atoms with van der Waals surface area (Å²) in [6.07, 6.45) is 3.62. The molecule has 7 nitrogen and oxygen atoms in total. The highest BCUT2D eigenvalue weighted by Gasteiger charge is 2.36. The van der Waals surface area contributed by atoms with E-state index < -0.39 is 0 Å². The van der Waals surface area contributed by atoms with E-state index in [0.29, 0.717) is 12.7 Å². The molecule has 1 N–H and O–H groups in total. The quantitative estimate of drug-likeness (QED) is 0.771. The van der Waals surface area contributed by atoms with Crippen molar-refractivity contribution in [2.45, 2.75) is 26.1 Å². The van der Waals surface area contributed by atoms with Crippen LogP contribution < -0.4 is 10.2 Å². The van der Waals surface area contributed by atoms with Crippen molar-refractivity contribution in [3.63, 3.8) is 0 Å². The fourth-order valence-corrected chi connectivity index (χ4v) is 3.58. The van der Waals surface area contributed by atoms with Crippen molar-refractivity contribution in [3.05, 3.63) is 54.4 Å². The van der Waals surface area contributed by atoms with Gasteiger partial charge in [-0.3, -0.25) is 19.4 Å². The molecule has 5 rings (SSSR count). The summed E-state index contributed by atoms with van der Waals surface area (Å²) in [6.45, 7) is 5.85. The molecule has 4 heterocycles. The average molecular weight is 347 g/mol. The zero-order chi connectivity index (χ0) is 17.7. The Kier molecular flexibility index (Phi) is 3.43. The van der Waals surface area contributed by atoms with Crippen LogP contribution in [0.2, 0.25) is 0 Å². The van der Waals surface area contributed by atoms with Gasteiger partial charge in [-0.05, 0) is 32.0 Å². The standard InChI is InChI=1S/C19H21N7/c1-13(2)24-11-21-18-23-17(14-6-5-9-20-10-14)26-16-8-4-3-7-15(16)22-19(26)25(18)12-24/h3-10,13,17H,11-12H2,1-2H3,(H,21,23). The summed E-state index contributed by atoms with van der Waals surface area (Å²) in [5.41, 5.74) is 3.18. The van der Waals surface area contributed by atoms with Crippen molar-refractivity contribution in [2.75, 3.05) is 18.2 Å². The van der Waals surface area contributed by atoms with Crippen molar-refractivity contribution >= 4 is 22.9 Å². The fourth-order valence-electron chi connectivity index (χ4n) is 3.58. The van der Waals surface area contributed by atoms with Crippen LogP contribution >= 0.6 is 0 Å². The van der Waals surface area contributed by atoms with Gasteiger partial charge < -0.3 is 5.32 Å². The number of rotatable bonds is 2. The minimum Gasteiger partial charge on any atom is -0.331 e. The zero-order valence-corrected chi connectivity index (χ0v) is 14.9. The maximum atomic E-state index is 4.93. The minimum atomic E-state index is -0.0771. The van der Waals surface area contributed by atoms with Crippen molar-refractivity contribution in [1.82, 2.24) is 24.8 Å². The Morgan fingerprint density at radius 2 is 2.04 bits per heavy atom. The lowest BCUT2D eigenvalue weighted by Gasteiger charge is -2.42. The molecule has 7 heteroatoms. The predicted molar refractivity (Wildman–Crippen MR) is 102 cm³/mol. The van der Waals surface area contributed by atoms with E-state index in [0.717, 1.165) is 35.2 Å². The summed E-state index contributed by atoms with van der Waals surface area (Å²) in [5.74, 6) is 1.79. The molecule has 1 atom stereocenters. The first-order chi connectivity index (χ1) is 12.7. The van der Waals surface area contributed by atoms with Crippen molar-refractivity contribution in [1.29, 1.82) is 0 Å². The van der Waals surface area contributed by atoms with E-state index in [1.165, 1.54) is 0 Å². The molecule has 1 unspecified atom stereocenters. The Balaban J connectivity index is 1.70. The van der Waals surface area contributed by atoms with Gasteiger partial charge in [-0.2, -0.15) is 0 Å². The number of hydrogen-bond acceptors (Lipinski definition) is 6. The van der Waals surface area contributed by atoms with Gasteiger partial charge in [0.1, 0.15) is 6.17 Å². The highest BCUT2D eigenvalue weighted by molar-refractivity contribution is 5.98. The molecule has 3 aromatic rings. The second kappa shape index (κ2) is 5.81. The number of imidazole rings is 1. The number of aliphatic imine (C=N–C) groups is 1. The Hall–Kier alpha value is -2.93. The summed E-state index contributed by atoms with van der Waals surface area (Å²) in [7, 11) is 0. The van der Waals surface area contributed by atoms with Gasteiger partial charge in [-0.25, -0.2) is 9.98 Å². The second-order valence-electron chi connectivity index (χ2n) is 6.98. The van der Waals surface area contributed by atoms with E-state index in [-0.39, 0.29) is 6.17 Å². The van der Waals surface area contributed by atoms with Gasteiger partial charge in [0.15, 0.2) is 0 Å². The number of fused-ring (bicyclic) bond motifs is 5. The van der Waals surface area contributed by atoms with Crippen molar-refractivity contribution in [3.8, 4) is 0 Å². The molecule has 0 saturated heterocycles. The van der Waals surface area contributed by atoms with Crippen LogP contribution in [0, 0.1) is 0 Å². The summed E-state index contributed by atoms with van der Waals surface area (Å²) < 4.78 is 2.25. The van der Waals surface area contributed by atoms with Gasteiger partial charge in [-0.15, -0.1) is 0 Å². The average Bonchev–Trinajstić information content (AvgIpc) is 3.07. The predicted octanol–water partition coefficient (Wildman–Crippen LogP) is 2.38. The first-order valence-corrected chi connectivity index (χ1v) is 8.92. The van der Waals surface area contributed by atoms with Crippen molar-refractivity contribution < 1.29 is 0 Å². The molecular formula is C19H21N7. The van der Waals surface area contributed by atoms with E-state index >= 15 is 0 Å². The van der Waals surface area contributed by atoms with Crippen LogP contribution in [0.5, 0.6) is 0 Å². The lowest BCUT2D eigenvalue weighted by Crippen LogP contribution is -2.58. The first-order valence-electron chi connectivity index (χ1n) is 8.92. The summed E-state index contributed by atoms with van der Waals surface area (Å²) in [5, 5.41) is 3.60. The number of nitrogens with one attached hydrogen (secondary N) is 1. The summed E-state index contributed by atoms with van der Waals surface area (Å²) in [4.78, 5) is 18.5. The number of anilines is 1. The third-order valence-electron chi connectivity index (χ3n) is 5.05. The van der Waals surface area contributed by atoms with Crippen LogP contribution in [0.1, 0.15) is 25.6 Å². The highest BCUT2D eigenvalue weighted by atomic mass is 15.5. The topological polar surface area (TPSA) is 61.6 Å². The smallest absolute Gasteiger partial charge is 0.216 e. The SMILES string of the molecule is CC(C)N1CN=C2NC(c3cccnc3)n3c(nc4ccccc43)N2C1. The number of aromatic nitrogens is 3. The Morgan fingerprint density at radius 1 is 1.15 bits per heavy atom. The number of pyridine rings is 1. The number of benzene rings is 1. The molecule has 0 amide bonds. The second-order valence-corrected chi connectivity index (χ2v) is 6.98. The monoisotopic (exact) mass is 347 g/mol. The van der Waals surface area contributed by atoms with Crippen LogP contribution in [-0.4, -0.2) is 44.8 Å².